The maximum Gasteiger partial charge on any atom is 0.166 e. The lowest BCUT2D eigenvalue weighted by Crippen LogP contribution is -1.97. The lowest BCUT2D eigenvalue weighted by atomic mass is 10.1. The van der Waals surface area contributed by atoms with Gasteiger partial charge in [0.25, 0.3) is 0 Å². The fourth-order valence-electron chi connectivity index (χ4n) is 1.49. The quantitative estimate of drug-likeness (QED) is 0.862. The molecule has 96 valence electrons. The van der Waals surface area contributed by atoms with Gasteiger partial charge in [0.15, 0.2) is 29.2 Å². The van der Waals surface area contributed by atoms with Crippen molar-refractivity contribution in [1.29, 1.82) is 5.26 Å². The molecule has 1 atom stereocenters. The third kappa shape index (κ3) is 2.87. The van der Waals surface area contributed by atoms with Gasteiger partial charge in [-0.15, -0.1) is 0 Å². The lowest BCUT2D eigenvalue weighted by molar-refractivity contribution is 0.235. The van der Waals surface area contributed by atoms with E-state index in [-0.39, 0.29) is 17.1 Å². The van der Waals surface area contributed by atoms with Crippen LogP contribution in [0.5, 0.6) is 11.5 Å². The number of nitriles is 1. The van der Waals surface area contributed by atoms with Crippen molar-refractivity contribution in [3.8, 4) is 17.6 Å². The number of ether oxygens (including phenoxy) is 1. The van der Waals surface area contributed by atoms with Crippen LogP contribution in [-0.4, -0.2) is 5.11 Å². The summed E-state index contributed by atoms with van der Waals surface area (Å²) in [6.07, 6.45) is -1.39. The van der Waals surface area contributed by atoms with Crippen molar-refractivity contribution in [2.45, 2.75) is 6.10 Å². The van der Waals surface area contributed by atoms with Gasteiger partial charge in [-0.3, -0.25) is 0 Å². The minimum atomic E-state index is -1.39. The standard InChI is InChI=1S/C14H9F2NO2/c15-10-3-1-2-4-13(10)19-14-7-9(12(18)8-17)5-6-11(14)16/h1-7,12,18H. The van der Waals surface area contributed by atoms with Crippen molar-refractivity contribution in [3.05, 3.63) is 59.7 Å². The molecule has 5 heteroatoms. The highest BCUT2D eigenvalue weighted by molar-refractivity contribution is 5.37. The number of aliphatic hydroxyl groups is 1. The Labute approximate surface area is 108 Å². The molecule has 3 nitrogen and oxygen atoms in total. The van der Waals surface area contributed by atoms with E-state index in [1.807, 2.05) is 0 Å². The Morgan fingerprint density at radius 2 is 1.74 bits per heavy atom. The summed E-state index contributed by atoms with van der Waals surface area (Å²) in [4.78, 5) is 0. The van der Waals surface area contributed by atoms with Crippen LogP contribution in [0.3, 0.4) is 0 Å². The van der Waals surface area contributed by atoms with Gasteiger partial charge in [0.2, 0.25) is 0 Å². The van der Waals surface area contributed by atoms with E-state index < -0.39 is 17.7 Å². The number of benzene rings is 2. The van der Waals surface area contributed by atoms with Gasteiger partial charge in [0.1, 0.15) is 0 Å². The number of rotatable bonds is 3. The first-order valence-electron chi connectivity index (χ1n) is 5.41. The van der Waals surface area contributed by atoms with Crippen molar-refractivity contribution >= 4 is 0 Å². The molecule has 0 bridgehead atoms. The molecule has 1 unspecified atom stereocenters. The van der Waals surface area contributed by atoms with Gasteiger partial charge in [0, 0.05) is 0 Å². The van der Waals surface area contributed by atoms with Crippen LogP contribution in [0.4, 0.5) is 8.78 Å². The fraction of sp³-hybridized carbons (Fsp3) is 0.0714. The molecular formula is C14H9F2NO2. The monoisotopic (exact) mass is 261 g/mol. The molecule has 0 aromatic heterocycles. The topological polar surface area (TPSA) is 53.2 Å². The summed E-state index contributed by atoms with van der Waals surface area (Å²) in [6, 6.07) is 10.6. The largest absolute Gasteiger partial charge is 0.451 e. The van der Waals surface area contributed by atoms with Crippen molar-refractivity contribution in [2.24, 2.45) is 0 Å². The van der Waals surface area contributed by atoms with E-state index in [4.69, 9.17) is 10.00 Å². The number of aliphatic hydroxyl groups excluding tert-OH is 1. The maximum absolute atomic E-state index is 13.5. The van der Waals surface area contributed by atoms with E-state index in [0.717, 1.165) is 12.1 Å². The molecule has 0 aliphatic heterocycles. The molecule has 0 aliphatic carbocycles. The Balaban J connectivity index is 2.35. The predicted molar refractivity (Wildman–Crippen MR) is 63.4 cm³/mol. The zero-order chi connectivity index (χ0) is 13.8. The Bertz CT molecular complexity index is 638. The van der Waals surface area contributed by atoms with Crippen molar-refractivity contribution in [2.75, 3.05) is 0 Å². The molecule has 2 aromatic rings. The van der Waals surface area contributed by atoms with E-state index in [1.165, 1.54) is 24.3 Å². The van der Waals surface area contributed by atoms with E-state index >= 15 is 0 Å². The Kier molecular flexibility index (Phi) is 3.74. The van der Waals surface area contributed by atoms with Gasteiger partial charge >= 0.3 is 0 Å². The molecule has 0 amide bonds. The Morgan fingerprint density at radius 1 is 1.05 bits per heavy atom. The summed E-state index contributed by atoms with van der Waals surface area (Å²) >= 11 is 0. The summed E-state index contributed by atoms with van der Waals surface area (Å²) in [7, 11) is 0. The number of hydrogen-bond acceptors (Lipinski definition) is 3. The SMILES string of the molecule is N#CC(O)c1ccc(F)c(Oc2ccccc2F)c1. The summed E-state index contributed by atoms with van der Waals surface area (Å²) in [5.74, 6) is -1.73. The van der Waals surface area contributed by atoms with Gasteiger partial charge in [-0.1, -0.05) is 18.2 Å². The molecule has 0 saturated carbocycles. The van der Waals surface area contributed by atoms with Gasteiger partial charge in [0.05, 0.1) is 6.07 Å². The van der Waals surface area contributed by atoms with Crippen LogP contribution >= 0.6 is 0 Å². The van der Waals surface area contributed by atoms with Crippen molar-refractivity contribution < 1.29 is 18.6 Å². The normalized spacial score (nSPS) is 11.7. The Morgan fingerprint density at radius 3 is 2.42 bits per heavy atom. The minimum absolute atomic E-state index is 0.134. The number of para-hydroxylation sites is 1. The summed E-state index contributed by atoms with van der Waals surface area (Å²) in [5.41, 5.74) is 0.176. The molecule has 0 heterocycles. The second-order valence-corrected chi connectivity index (χ2v) is 3.75. The molecule has 0 radical (unpaired) electrons. The third-order valence-corrected chi connectivity index (χ3v) is 2.45. The molecule has 19 heavy (non-hydrogen) atoms. The smallest absolute Gasteiger partial charge is 0.166 e. The molecule has 0 aliphatic rings. The van der Waals surface area contributed by atoms with Gasteiger partial charge in [-0.2, -0.15) is 5.26 Å². The van der Waals surface area contributed by atoms with Crippen LogP contribution in [0.25, 0.3) is 0 Å². The first-order chi connectivity index (χ1) is 9.11. The third-order valence-electron chi connectivity index (χ3n) is 2.45. The predicted octanol–water partition coefficient (Wildman–Crippen LogP) is 3.31. The summed E-state index contributed by atoms with van der Waals surface area (Å²) < 4.78 is 32.0. The van der Waals surface area contributed by atoms with E-state index in [9.17, 15) is 13.9 Å². The van der Waals surface area contributed by atoms with E-state index in [0.29, 0.717) is 0 Å². The zero-order valence-corrected chi connectivity index (χ0v) is 9.68. The molecule has 1 N–H and O–H groups in total. The lowest BCUT2D eigenvalue weighted by Gasteiger charge is -2.10. The molecule has 2 rings (SSSR count). The first-order valence-corrected chi connectivity index (χ1v) is 5.41. The highest BCUT2D eigenvalue weighted by atomic mass is 19.1. The second-order valence-electron chi connectivity index (χ2n) is 3.75. The first kappa shape index (κ1) is 13.0. The highest BCUT2D eigenvalue weighted by Gasteiger charge is 2.12. The van der Waals surface area contributed by atoms with Crippen LogP contribution in [0.15, 0.2) is 42.5 Å². The summed E-state index contributed by atoms with van der Waals surface area (Å²) in [5, 5.41) is 17.9. The molecule has 0 saturated heterocycles. The number of halogens is 2. The molecule has 0 spiro atoms. The minimum Gasteiger partial charge on any atom is -0.451 e. The molecule has 0 fully saturated rings. The van der Waals surface area contributed by atoms with E-state index in [1.54, 1.807) is 12.1 Å². The maximum atomic E-state index is 13.5. The fourth-order valence-corrected chi connectivity index (χ4v) is 1.49. The zero-order valence-electron chi connectivity index (χ0n) is 9.68. The van der Waals surface area contributed by atoms with Crippen molar-refractivity contribution in [3.63, 3.8) is 0 Å². The van der Waals surface area contributed by atoms with Crippen LogP contribution < -0.4 is 4.74 Å². The van der Waals surface area contributed by atoms with E-state index in [2.05, 4.69) is 0 Å². The van der Waals surface area contributed by atoms with Crippen LogP contribution in [-0.2, 0) is 0 Å². The molecule has 2 aromatic carbocycles. The van der Waals surface area contributed by atoms with Gasteiger partial charge < -0.3 is 9.84 Å². The summed E-state index contributed by atoms with van der Waals surface area (Å²) in [6.45, 7) is 0. The van der Waals surface area contributed by atoms with Gasteiger partial charge in [-0.05, 0) is 29.8 Å². The van der Waals surface area contributed by atoms with Crippen LogP contribution in [0, 0.1) is 23.0 Å². The molecular weight excluding hydrogens is 252 g/mol. The average Bonchev–Trinajstić information content (AvgIpc) is 2.42. The van der Waals surface area contributed by atoms with Gasteiger partial charge in [-0.25, -0.2) is 8.78 Å². The highest BCUT2D eigenvalue weighted by Crippen LogP contribution is 2.29. The Hall–Kier alpha value is -2.45. The number of hydrogen-bond donors (Lipinski definition) is 1. The van der Waals surface area contributed by atoms with Crippen LogP contribution in [0.2, 0.25) is 0 Å². The average molecular weight is 261 g/mol. The van der Waals surface area contributed by atoms with Crippen LogP contribution in [0.1, 0.15) is 11.7 Å². The van der Waals surface area contributed by atoms with Crippen molar-refractivity contribution in [1.82, 2.24) is 0 Å². The second kappa shape index (κ2) is 5.46. The number of nitrogens with zero attached hydrogens (tertiary/aromatic N) is 1.